The number of carbonyl (C=O) groups is 2. The summed E-state index contributed by atoms with van der Waals surface area (Å²) in [7, 11) is 0. The second-order valence-corrected chi connectivity index (χ2v) is 3.90. The fourth-order valence-corrected chi connectivity index (χ4v) is 1.76. The minimum absolute atomic E-state index is 0.192. The molecule has 0 saturated carbocycles. The maximum Gasteiger partial charge on any atom is 0.316 e. The van der Waals surface area contributed by atoms with Crippen molar-refractivity contribution in [2.45, 2.75) is 13.5 Å². The zero-order chi connectivity index (χ0) is 10.8. The zero-order valence-electron chi connectivity index (χ0n) is 7.90. The van der Waals surface area contributed by atoms with Gasteiger partial charge in [0.25, 0.3) is 0 Å². The van der Waals surface area contributed by atoms with Crippen molar-refractivity contribution in [2.24, 2.45) is 4.99 Å². The summed E-state index contributed by atoms with van der Waals surface area (Å²) in [6.07, 6.45) is 0. The number of guanidine groups is 1. The average Bonchev–Trinajstić information content (AvgIpc) is 2.72. The summed E-state index contributed by atoms with van der Waals surface area (Å²) < 4.78 is 0. The molecule has 2 heterocycles. The second-order valence-electron chi connectivity index (χ2n) is 2.96. The number of hydrogen-bond acceptors (Lipinski definition) is 5. The Bertz CT molecular complexity index is 433. The molecule has 1 aliphatic rings. The molecule has 1 aromatic rings. The molecule has 7 heteroatoms. The topological polar surface area (TPSA) is 83.5 Å². The minimum Gasteiger partial charge on any atom is -0.288 e. The highest BCUT2D eigenvalue weighted by Gasteiger charge is 2.24. The van der Waals surface area contributed by atoms with E-state index < -0.39 is 11.8 Å². The van der Waals surface area contributed by atoms with Crippen molar-refractivity contribution >= 4 is 29.1 Å². The van der Waals surface area contributed by atoms with Crippen molar-refractivity contribution in [1.29, 1.82) is 0 Å². The number of aryl methyl sites for hydroxylation is 1. The van der Waals surface area contributed by atoms with Gasteiger partial charge in [0.05, 0.1) is 6.54 Å². The van der Waals surface area contributed by atoms with Crippen LogP contribution in [0.25, 0.3) is 0 Å². The maximum atomic E-state index is 10.8. The molecule has 0 aromatic carbocycles. The molecule has 2 amide bonds. The molecule has 1 aliphatic heterocycles. The summed E-state index contributed by atoms with van der Waals surface area (Å²) in [6.45, 7) is 2.25. The number of carbonyl (C=O) groups excluding carboxylic acids is 2. The third-order valence-corrected chi connectivity index (χ3v) is 2.66. The highest BCUT2D eigenvalue weighted by atomic mass is 32.1. The van der Waals surface area contributed by atoms with Gasteiger partial charge in [-0.05, 0) is 6.92 Å². The number of aliphatic imine (C=N–C) groups is 1. The highest BCUT2D eigenvalue weighted by molar-refractivity contribution is 7.09. The molecular weight excluding hydrogens is 216 g/mol. The first-order chi connectivity index (χ1) is 7.15. The SMILES string of the molecule is Cc1csc(CN=C2NC(=O)C(=O)N2)n1. The first-order valence-corrected chi connectivity index (χ1v) is 5.11. The number of aromatic nitrogens is 1. The van der Waals surface area contributed by atoms with Crippen LogP contribution in [0.2, 0.25) is 0 Å². The van der Waals surface area contributed by atoms with E-state index in [9.17, 15) is 9.59 Å². The van der Waals surface area contributed by atoms with Crippen LogP contribution in [0.3, 0.4) is 0 Å². The van der Waals surface area contributed by atoms with Gasteiger partial charge in [-0.25, -0.2) is 9.98 Å². The van der Waals surface area contributed by atoms with E-state index >= 15 is 0 Å². The Morgan fingerprint density at radius 2 is 2.07 bits per heavy atom. The van der Waals surface area contributed by atoms with Gasteiger partial charge in [-0.1, -0.05) is 0 Å². The molecule has 78 valence electrons. The highest BCUT2D eigenvalue weighted by Crippen LogP contribution is 2.09. The molecule has 2 N–H and O–H groups in total. The van der Waals surface area contributed by atoms with Crippen molar-refractivity contribution < 1.29 is 9.59 Å². The lowest BCUT2D eigenvalue weighted by atomic mass is 10.6. The molecule has 1 fully saturated rings. The van der Waals surface area contributed by atoms with E-state index in [1.807, 2.05) is 12.3 Å². The first kappa shape index (κ1) is 9.78. The summed E-state index contributed by atoms with van der Waals surface area (Å²) in [6, 6.07) is 0. The van der Waals surface area contributed by atoms with Gasteiger partial charge in [0.2, 0.25) is 5.96 Å². The molecular formula is C8H8N4O2S. The van der Waals surface area contributed by atoms with Crippen LogP contribution in [0.5, 0.6) is 0 Å². The second kappa shape index (κ2) is 3.77. The predicted octanol–water partition coefficient (Wildman–Crippen LogP) is -0.446. The van der Waals surface area contributed by atoms with Crippen molar-refractivity contribution in [2.75, 3.05) is 0 Å². The van der Waals surface area contributed by atoms with Crippen molar-refractivity contribution in [3.05, 3.63) is 16.1 Å². The van der Waals surface area contributed by atoms with E-state index in [1.165, 1.54) is 11.3 Å². The number of hydrogen-bond donors (Lipinski definition) is 2. The Kier molecular flexibility index (Phi) is 2.46. The van der Waals surface area contributed by atoms with E-state index in [4.69, 9.17) is 0 Å². The van der Waals surface area contributed by atoms with Gasteiger partial charge in [0, 0.05) is 11.1 Å². The molecule has 0 bridgehead atoms. The third-order valence-electron chi connectivity index (χ3n) is 1.71. The van der Waals surface area contributed by atoms with Crippen LogP contribution in [-0.2, 0) is 16.1 Å². The van der Waals surface area contributed by atoms with E-state index in [2.05, 4.69) is 20.6 Å². The van der Waals surface area contributed by atoms with Crippen LogP contribution in [0, 0.1) is 6.92 Å². The van der Waals surface area contributed by atoms with Crippen LogP contribution < -0.4 is 10.6 Å². The summed E-state index contributed by atoms with van der Waals surface area (Å²) >= 11 is 1.49. The fourth-order valence-electron chi connectivity index (χ4n) is 1.06. The lowest BCUT2D eigenvalue weighted by Crippen LogP contribution is -2.25. The molecule has 0 spiro atoms. The molecule has 1 aromatic heterocycles. The molecule has 0 aliphatic carbocycles. The molecule has 6 nitrogen and oxygen atoms in total. The van der Waals surface area contributed by atoms with Crippen LogP contribution in [0.1, 0.15) is 10.7 Å². The van der Waals surface area contributed by atoms with E-state index in [1.54, 1.807) is 0 Å². The van der Waals surface area contributed by atoms with Gasteiger partial charge in [-0.3, -0.25) is 20.2 Å². The Morgan fingerprint density at radius 1 is 1.40 bits per heavy atom. The van der Waals surface area contributed by atoms with Gasteiger partial charge >= 0.3 is 11.8 Å². The Balaban J connectivity index is 2.01. The maximum absolute atomic E-state index is 10.8. The van der Waals surface area contributed by atoms with Crippen molar-refractivity contribution in [1.82, 2.24) is 15.6 Å². The molecule has 0 radical (unpaired) electrons. The molecule has 1 saturated heterocycles. The largest absolute Gasteiger partial charge is 0.316 e. The lowest BCUT2D eigenvalue weighted by Gasteiger charge is -1.93. The lowest BCUT2D eigenvalue weighted by molar-refractivity contribution is -0.135. The van der Waals surface area contributed by atoms with Crippen LogP contribution in [0.15, 0.2) is 10.4 Å². The summed E-state index contributed by atoms with van der Waals surface area (Å²) in [4.78, 5) is 29.8. The Hall–Kier alpha value is -1.76. The molecule has 2 rings (SSSR count). The fraction of sp³-hybridized carbons (Fsp3) is 0.250. The van der Waals surface area contributed by atoms with Crippen LogP contribution in [0.4, 0.5) is 0 Å². The predicted molar refractivity (Wildman–Crippen MR) is 54.3 cm³/mol. The number of nitrogens with zero attached hydrogens (tertiary/aromatic N) is 2. The summed E-state index contributed by atoms with van der Waals surface area (Å²) in [5.41, 5.74) is 0.940. The van der Waals surface area contributed by atoms with Gasteiger partial charge in [-0.2, -0.15) is 0 Å². The zero-order valence-corrected chi connectivity index (χ0v) is 8.72. The van der Waals surface area contributed by atoms with E-state index in [0.717, 1.165) is 10.7 Å². The van der Waals surface area contributed by atoms with Crippen LogP contribution >= 0.6 is 11.3 Å². The van der Waals surface area contributed by atoms with E-state index in [0.29, 0.717) is 6.54 Å². The number of rotatable bonds is 2. The quantitative estimate of drug-likeness (QED) is 0.667. The van der Waals surface area contributed by atoms with Gasteiger partial charge in [0.15, 0.2) is 0 Å². The summed E-state index contributed by atoms with van der Waals surface area (Å²) in [5, 5.41) is 7.38. The standard InChI is InChI=1S/C8H8N4O2S/c1-4-3-15-5(10-4)2-9-8-11-6(13)7(14)12-8/h3H,2H2,1H3,(H2,9,11,12,13,14). The molecule has 15 heavy (non-hydrogen) atoms. The summed E-state index contributed by atoms with van der Waals surface area (Å²) in [5.74, 6) is -1.16. The third kappa shape index (κ3) is 2.18. The van der Waals surface area contributed by atoms with Gasteiger partial charge in [0.1, 0.15) is 5.01 Å². The number of thiazole rings is 1. The molecule has 0 atom stereocenters. The molecule has 0 unspecified atom stereocenters. The normalized spacial score (nSPS) is 15.1. The first-order valence-electron chi connectivity index (χ1n) is 4.23. The average molecular weight is 224 g/mol. The van der Waals surface area contributed by atoms with E-state index in [-0.39, 0.29) is 5.96 Å². The van der Waals surface area contributed by atoms with Crippen molar-refractivity contribution in [3.8, 4) is 0 Å². The Morgan fingerprint density at radius 3 is 2.60 bits per heavy atom. The Labute approximate surface area is 89.4 Å². The monoisotopic (exact) mass is 224 g/mol. The van der Waals surface area contributed by atoms with Crippen molar-refractivity contribution in [3.63, 3.8) is 0 Å². The number of nitrogens with one attached hydrogen (secondary N) is 2. The van der Waals surface area contributed by atoms with Gasteiger partial charge < -0.3 is 0 Å². The minimum atomic E-state index is -0.677. The smallest absolute Gasteiger partial charge is 0.288 e. The number of amides is 2. The van der Waals surface area contributed by atoms with Gasteiger partial charge in [-0.15, -0.1) is 11.3 Å². The van der Waals surface area contributed by atoms with Crippen LogP contribution in [-0.4, -0.2) is 22.8 Å².